The maximum absolute atomic E-state index is 5.93. The minimum atomic E-state index is -0.188. The number of fused-ring (bicyclic) bond motifs is 15. The van der Waals surface area contributed by atoms with Crippen LogP contribution in [0.1, 0.15) is 49.9 Å². The molecule has 76 heavy (non-hydrogen) atoms. The van der Waals surface area contributed by atoms with Crippen LogP contribution in [0.2, 0.25) is 0 Å². The zero-order chi connectivity index (χ0) is 50.6. The lowest BCUT2D eigenvalue weighted by Gasteiger charge is -2.23. The third-order valence-corrected chi connectivity index (χ3v) is 17.3. The summed E-state index contributed by atoms with van der Waals surface area (Å²) >= 11 is 0. The molecule has 0 unspecified atom stereocenters. The topological polar surface area (TPSA) is 35.6 Å². The van der Waals surface area contributed by atoms with E-state index in [-0.39, 0.29) is 10.8 Å². The summed E-state index contributed by atoms with van der Waals surface area (Å²) in [5.41, 5.74) is 24.8. The quantitative estimate of drug-likeness (QED) is 0.172. The van der Waals surface area contributed by atoms with Gasteiger partial charge >= 0.3 is 0 Å². The predicted molar refractivity (Wildman–Crippen MR) is 317 cm³/mol. The van der Waals surface area contributed by atoms with Gasteiger partial charge in [-0.15, -0.1) is 0 Å². The summed E-state index contributed by atoms with van der Waals surface area (Å²) in [4.78, 5) is 11.7. The van der Waals surface area contributed by atoms with Crippen LogP contribution in [0.5, 0.6) is 0 Å². The largest absolute Gasteiger partial charge is 0.309 e. The van der Waals surface area contributed by atoms with E-state index in [1.807, 2.05) is 0 Å². The second-order valence-electron chi connectivity index (χ2n) is 22.1. The van der Waals surface area contributed by atoms with Crippen molar-refractivity contribution in [3.63, 3.8) is 0 Å². The molecule has 0 fully saturated rings. The minimum absolute atomic E-state index is 0.172. The van der Waals surface area contributed by atoms with E-state index in [9.17, 15) is 0 Å². The molecule has 2 aliphatic rings. The third-order valence-electron chi connectivity index (χ3n) is 17.3. The number of aromatic nitrogens is 4. The van der Waals surface area contributed by atoms with E-state index in [2.05, 4.69) is 267 Å². The normalized spacial score (nSPS) is 14.0. The zero-order valence-corrected chi connectivity index (χ0v) is 42.7. The maximum Gasteiger partial charge on any atom is 0.113 e. The second-order valence-corrected chi connectivity index (χ2v) is 22.1. The van der Waals surface area contributed by atoms with Crippen LogP contribution in [0, 0.1) is 0 Å². The van der Waals surface area contributed by atoms with E-state index in [0.29, 0.717) is 0 Å². The summed E-state index contributed by atoms with van der Waals surface area (Å²) in [6.07, 6.45) is 0. The molecule has 0 atom stereocenters. The Labute approximate surface area is 440 Å². The zero-order valence-electron chi connectivity index (χ0n) is 42.7. The average molecular weight is 971 g/mol. The minimum Gasteiger partial charge on any atom is -0.309 e. The Balaban J connectivity index is 0.982. The number of hydrogen-bond acceptors (Lipinski definition) is 2. The Morgan fingerprint density at radius 3 is 1.55 bits per heavy atom. The highest BCUT2D eigenvalue weighted by molar-refractivity contribution is 6.27. The molecule has 0 saturated carbocycles. The molecule has 14 aromatic rings. The van der Waals surface area contributed by atoms with Gasteiger partial charge in [-0.25, -0.2) is 9.97 Å². The van der Waals surface area contributed by atoms with Gasteiger partial charge in [0.25, 0.3) is 0 Å². The van der Waals surface area contributed by atoms with Crippen LogP contribution in [-0.2, 0) is 10.8 Å². The van der Waals surface area contributed by atoms with Crippen molar-refractivity contribution < 1.29 is 0 Å². The molecule has 4 nitrogen and oxygen atoms in total. The van der Waals surface area contributed by atoms with E-state index in [1.54, 1.807) is 0 Å². The lowest BCUT2D eigenvalue weighted by Crippen LogP contribution is -2.15. The molecule has 0 spiro atoms. The molecule has 0 amide bonds. The number of benzene rings is 11. The summed E-state index contributed by atoms with van der Waals surface area (Å²) < 4.78 is 4.92. The molecule has 3 heterocycles. The first-order chi connectivity index (χ1) is 37.2. The Morgan fingerprint density at radius 2 is 0.868 bits per heavy atom. The van der Waals surface area contributed by atoms with E-state index < -0.39 is 0 Å². The monoisotopic (exact) mass is 970 g/mol. The van der Waals surface area contributed by atoms with Crippen molar-refractivity contribution in [1.29, 1.82) is 0 Å². The third kappa shape index (κ3) is 5.90. The molecular formula is C72H50N4. The summed E-state index contributed by atoms with van der Waals surface area (Å²) in [5.74, 6) is 0. The number of para-hydroxylation sites is 3. The van der Waals surface area contributed by atoms with Crippen molar-refractivity contribution in [3.8, 4) is 67.3 Å². The van der Waals surface area contributed by atoms with E-state index >= 15 is 0 Å². The molecule has 4 heteroatoms. The number of hydrogen-bond donors (Lipinski definition) is 0. The van der Waals surface area contributed by atoms with Gasteiger partial charge in [-0.3, -0.25) is 0 Å². The molecule has 2 aliphatic carbocycles. The van der Waals surface area contributed by atoms with Gasteiger partial charge in [0.1, 0.15) is 5.52 Å². The van der Waals surface area contributed by atoms with Crippen LogP contribution >= 0.6 is 0 Å². The Bertz CT molecular complexity index is 4800. The number of nitrogens with zero attached hydrogens (tertiary/aromatic N) is 4. The summed E-state index contributed by atoms with van der Waals surface area (Å²) in [6, 6.07) is 85.0. The van der Waals surface area contributed by atoms with Gasteiger partial charge in [-0.2, -0.15) is 0 Å². The van der Waals surface area contributed by atoms with Crippen LogP contribution in [0.4, 0.5) is 0 Å². The molecule has 3 aromatic heterocycles. The maximum atomic E-state index is 5.93. The van der Waals surface area contributed by atoms with Gasteiger partial charge in [0, 0.05) is 49.2 Å². The Morgan fingerprint density at radius 1 is 0.316 bits per heavy atom. The van der Waals surface area contributed by atoms with Gasteiger partial charge in [0.15, 0.2) is 0 Å². The molecular weight excluding hydrogens is 921 g/mol. The first-order valence-electron chi connectivity index (χ1n) is 26.6. The summed E-state index contributed by atoms with van der Waals surface area (Å²) in [7, 11) is 0. The molecule has 358 valence electrons. The van der Waals surface area contributed by atoms with Crippen LogP contribution in [0.15, 0.2) is 231 Å². The Kier molecular flexibility index (Phi) is 8.83. The fourth-order valence-electron chi connectivity index (χ4n) is 13.7. The molecule has 0 aliphatic heterocycles. The van der Waals surface area contributed by atoms with Crippen LogP contribution < -0.4 is 0 Å². The van der Waals surface area contributed by atoms with Crippen molar-refractivity contribution in [2.24, 2.45) is 0 Å². The summed E-state index contributed by atoms with van der Waals surface area (Å²) in [5, 5.41) is 7.33. The predicted octanol–water partition coefficient (Wildman–Crippen LogP) is 18.6. The van der Waals surface area contributed by atoms with Crippen LogP contribution in [0.25, 0.3) is 133 Å². The average Bonchev–Trinajstić information content (AvgIpc) is 4.29. The molecule has 16 rings (SSSR count). The lowest BCUT2D eigenvalue weighted by molar-refractivity contribution is 0.660. The fourth-order valence-corrected chi connectivity index (χ4v) is 13.7. The van der Waals surface area contributed by atoms with Crippen molar-refractivity contribution in [2.45, 2.75) is 38.5 Å². The molecule has 0 bridgehead atoms. The lowest BCUT2D eigenvalue weighted by atomic mass is 9.81. The van der Waals surface area contributed by atoms with Crippen molar-refractivity contribution in [3.05, 3.63) is 253 Å². The molecule has 0 radical (unpaired) electrons. The SMILES string of the molecule is CC1(C)c2ccccc2-c2ccc(-c3nc4cccc(-n5c6ccccc6c6cc7c8c9ccccc9c(-c9ccccc9)cc8n(-c8ccccc8)c7cc65)c4nc3-c3ccc4c(c3)C(C)(C)c3ccccc3-4)cc21. The van der Waals surface area contributed by atoms with Crippen molar-refractivity contribution in [1.82, 2.24) is 19.1 Å². The van der Waals surface area contributed by atoms with Gasteiger partial charge in [0.2, 0.25) is 0 Å². The van der Waals surface area contributed by atoms with Crippen LogP contribution in [-0.4, -0.2) is 19.1 Å². The van der Waals surface area contributed by atoms with Gasteiger partial charge in [-0.1, -0.05) is 198 Å². The summed E-state index contributed by atoms with van der Waals surface area (Å²) in [6.45, 7) is 9.41. The highest BCUT2D eigenvalue weighted by Crippen LogP contribution is 2.53. The number of rotatable bonds is 5. The second kappa shape index (κ2) is 15.6. The van der Waals surface area contributed by atoms with Gasteiger partial charge in [0.05, 0.1) is 44.7 Å². The van der Waals surface area contributed by atoms with Crippen LogP contribution in [0.3, 0.4) is 0 Å². The van der Waals surface area contributed by atoms with E-state index in [1.165, 1.54) is 93.5 Å². The van der Waals surface area contributed by atoms with Gasteiger partial charge in [-0.05, 0) is 127 Å². The standard InChI is InChI=1S/C72H50N4/c1-71(2)57-29-16-13-25-48(57)50-36-34-44(38-59(50)71)68-69(45-35-37-51-49-26-14-17-30-58(49)72(3,4)60(51)39-45)74-70-61(73-68)31-19-33-63(70)76-62-32-18-15-27-52(62)55-40-56-65(42-64(55)76)75(46-22-9-6-10-23-46)66-41-54(43-20-7-5-8-21-43)47-24-11-12-28-53(47)67(56)66/h5-42H,1-4H3. The van der Waals surface area contributed by atoms with E-state index in [4.69, 9.17) is 9.97 Å². The smallest absolute Gasteiger partial charge is 0.113 e. The highest BCUT2D eigenvalue weighted by atomic mass is 15.0. The van der Waals surface area contributed by atoms with Crippen molar-refractivity contribution >= 4 is 65.4 Å². The molecule has 0 N–H and O–H groups in total. The van der Waals surface area contributed by atoms with Gasteiger partial charge < -0.3 is 9.13 Å². The first kappa shape index (κ1) is 43.1. The molecule has 0 saturated heterocycles. The van der Waals surface area contributed by atoms with Crippen molar-refractivity contribution in [2.75, 3.05) is 0 Å². The highest BCUT2D eigenvalue weighted by Gasteiger charge is 2.37. The van der Waals surface area contributed by atoms with E-state index in [0.717, 1.165) is 61.5 Å². The fraction of sp³-hybridized carbons (Fsp3) is 0.0833. The molecule has 11 aromatic carbocycles. The first-order valence-corrected chi connectivity index (χ1v) is 26.6. The Hall–Kier alpha value is -9.38.